The van der Waals surface area contributed by atoms with E-state index >= 15 is 0 Å². The zero-order valence-corrected chi connectivity index (χ0v) is 54.2. The standard InChI is InChI=1S/C69H125NO18/c1-3-5-7-9-11-13-15-17-18-19-20-21-22-23-24-25-26-27-28-29-30-31-32-33-34-35-36-38-40-42-44-46-53(74)52(70-57(75)47-45-43-41-39-37-16-14-12-10-8-6-4-2)51-83-67-63(81)60(78)65(55(49-72)85-67)88-69-64(82)61(79)66(56(50-73)86-69)87-68-62(80)59(77)58(76)54(48-71)84-68/h12,14,32-33,36,38,44,46,52-56,58-69,71-74,76-82H,3-11,13,15-31,34-35,37,39-43,45,47-51H2,1-2H3,(H,70,75)/b14-12-,33-32+,38-36+,46-44+. The van der Waals surface area contributed by atoms with E-state index in [1.807, 2.05) is 6.08 Å². The van der Waals surface area contributed by atoms with Crippen LogP contribution in [0.2, 0.25) is 0 Å². The Kier molecular flexibility index (Phi) is 46.5. The molecule has 17 unspecified atom stereocenters. The Balaban J connectivity index is 1.41. The van der Waals surface area contributed by atoms with Gasteiger partial charge < -0.3 is 89.9 Å². The topological polar surface area (TPSA) is 307 Å². The molecule has 3 heterocycles. The molecule has 514 valence electrons. The van der Waals surface area contributed by atoms with E-state index in [-0.39, 0.29) is 18.9 Å². The first-order valence-corrected chi connectivity index (χ1v) is 34.9. The summed E-state index contributed by atoms with van der Waals surface area (Å²) in [5.41, 5.74) is 0. The third-order valence-electron chi connectivity index (χ3n) is 17.3. The Labute approximate surface area is 529 Å². The van der Waals surface area contributed by atoms with Gasteiger partial charge in [0.15, 0.2) is 18.9 Å². The Bertz CT molecular complexity index is 1790. The number of carbonyl (C=O) groups is 1. The maximum absolute atomic E-state index is 13.3. The molecule has 12 N–H and O–H groups in total. The normalized spacial score (nSPS) is 28.7. The minimum Gasteiger partial charge on any atom is -0.394 e. The number of hydrogen-bond donors (Lipinski definition) is 12. The van der Waals surface area contributed by atoms with Crippen molar-refractivity contribution in [3.63, 3.8) is 0 Å². The molecule has 0 radical (unpaired) electrons. The van der Waals surface area contributed by atoms with Gasteiger partial charge in [-0.3, -0.25) is 4.79 Å². The number of carbonyl (C=O) groups excluding carboxylic acids is 1. The van der Waals surface area contributed by atoms with Crippen LogP contribution in [-0.2, 0) is 33.2 Å². The van der Waals surface area contributed by atoms with Crippen LogP contribution in [0.5, 0.6) is 0 Å². The van der Waals surface area contributed by atoms with Crippen molar-refractivity contribution in [2.45, 2.75) is 356 Å². The van der Waals surface area contributed by atoms with Crippen LogP contribution in [0.1, 0.15) is 251 Å². The highest BCUT2D eigenvalue weighted by Crippen LogP contribution is 2.33. The summed E-state index contributed by atoms with van der Waals surface area (Å²) in [6.07, 6.45) is 34.1. The fourth-order valence-corrected chi connectivity index (χ4v) is 11.6. The van der Waals surface area contributed by atoms with Gasteiger partial charge in [-0.2, -0.15) is 0 Å². The lowest BCUT2D eigenvalue weighted by molar-refractivity contribution is -0.379. The molecule has 0 aromatic rings. The molecule has 3 aliphatic heterocycles. The van der Waals surface area contributed by atoms with Crippen molar-refractivity contribution in [2.75, 3.05) is 26.4 Å². The van der Waals surface area contributed by atoms with Crippen molar-refractivity contribution in [1.29, 1.82) is 0 Å². The van der Waals surface area contributed by atoms with E-state index < -0.39 is 124 Å². The highest BCUT2D eigenvalue weighted by Gasteiger charge is 2.53. The monoisotopic (exact) mass is 1260 g/mol. The molecule has 0 saturated carbocycles. The molecular formula is C69H125NO18. The lowest BCUT2D eigenvalue weighted by Gasteiger charge is -2.48. The maximum atomic E-state index is 13.3. The highest BCUT2D eigenvalue weighted by atomic mass is 16.8. The van der Waals surface area contributed by atoms with Crippen LogP contribution < -0.4 is 5.32 Å². The van der Waals surface area contributed by atoms with Gasteiger partial charge in [-0.05, 0) is 70.6 Å². The van der Waals surface area contributed by atoms with E-state index in [2.05, 4.69) is 55.6 Å². The van der Waals surface area contributed by atoms with Crippen LogP contribution in [0.3, 0.4) is 0 Å². The molecule has 0 aromatic heterocycles. The van der Waals surface area contributed by atoms with Gasteiger partial charge in [0.1, 0.15) is 73.2 Å². The predicted molar refractivity (Wildman–Crippen MR) is 342 cm³/mol. The minimum atomic E-state index is -1.98. The second kappa shape index (κ2) is 51.2. The molecule has 19 nitrogen and oxygen atoms in total. The molecule has 19 heteroatoms. The summed E-state index contributed by atoms with van der Waals surface area (Å²) in [5, 5.41) is 120. The maximum Gasteiger partial charge on any atom is 0.220 e. The first-order chi connectivity index (χ1) is 42.8. The van der Waals surface area contributed by atoms with Gasteiger partial charge in [0.2, 0.25) is 5.91 Å². The Morgan fingerprint density at radius 2 is 0.727 bits per heavy atom. The van der Waals surface area contributed by atoms with Crippen LogP contribution in [-0.4, -0.2) is 193 Å². The van der Waals surface area contributed by atoms with Crippen molar-refractivity contribution in [3.05, 3.63) is 48.6 Å². The number of unbranched alkanes of at least 4 members (excludes halogenated alkanes) is 31. The first-order valence-electron chi connectivity index (χ1n) is 34.9. The molecule has 0 bridgehead atoms. The second-order valence-corrected chi connectivity index (χ2v) is 25.0. The number of hydrogen-bond acceptors (Lipinski definition) is 18. The smallest absolute Gasteiger partial charge is 0.220 e. The summed E-state index contributed by atoms with van der Waals surface area (Å²) in [6.45, 7) is 1.67. The van der Waals surface area contributed by atoms with E-state index in [4.69, 9.17) is 28.4 Å². The second-order valence-electron chi connectivity index (χ2n) is 25.0. The van der Waals surface area contributed by atoms with Crippen molar-refractivity contribution in [1.82, 2.24) is 5.32 Å². The molecule has 0 spiro atoms. The van der Waals surface area contributed by atoms with Crippen LogP contribution in [0.25, 0.3) is 0 Å². The minimum absolute atomic E-state index is 0.221. The largest absolute Gasteiger partial charge is 0.394 e. The number of amides is 1. The number of aliphatic hydroxyl groups excluding tert-OH is 11. The summed E-state index contributed by atoms with van der Waals surface area (Å²) in [4.78, 5) is 13.3. The number of rotatable bonds is 53. The predicted octanol–water partition coefficient (Wildman–Crippen LogP) is 9.00. The summed E-state index contributed by atoms with van der Waals surface area (Å²) in [6, 6.07) is -1.00. The van der Waals surface area contributed by atoms with Crippen molar-refractivity contribution in [2.24, 2.45) is 0 Å². The molecule has 3 fully saturated rings. The van der Waals surface area contributed by atoms with Gasteiger partial charge in [0, 0.05) is 6.42 Å². The summed E-state index contributed by atoms with van der Waals surface area (Å²) < 4.78 is 34.3. The van der Waals surface area contributed by atoms with E-state index in [9.17, 15) is 61.0 Å². The van der Waals surface area contributed by atoms with Gasteiger partial charge in [0.25, 0.3) is 0 Å². The van der Waals surface area contributed by atoms with E-state index in [0.717, 1.165) is 64.2 Å². The zero-order chi connectivity index (χ0) is 64.0. The molecule has 88 heavy (non-hydrogen) atoms. The summed E-state index contributed by atoms with van der Waals surface area (Å²) in [7, 11) is 0. The van der Waals surface area contributed by atoms with E-state index in [1.54, 1.807) is 6.08 Å². The third-order valence-corrected chi connectivity index (χ3v) is 17.3. The molecule has 17 atom stereocenters. The lowest BCUT2D eigenvalue weighted by atomic mass is 9.96. The average molecular weight is 1260 g/mol. The molecule has 1 amide bonds. The highest BCUT2D eigenvalue weighted by molar-refractivity contribution is 5.76. The number of nitrogens with one attached hydrogen (secondary N) is 1. The molecule has 0 aromatic carbocycles. The van der Waals surface area contributed by atoms with Gasteiger partial charge in [-0.15, -0.1) is 0 Å². The number of ether oxygens (including phenoxy) is 6. The molecular weight excluding hydrogens is 1130 g/mol. The van der Waals surface area contributed by atoms with E-state index in [1.165, 1.54) is 154 Å². The SMILES string of the molecule is CCCCC/C=C\CCCCCCCC(=O)NC(COC1OC(CO)C(OC2OC(CO)C(OC3OC(CO)C(O)C(O)C3O)C(O)C2O)C(O)C1O)C(O)/C=C/CC/C=C/CC/C=C/CCCCCCCCCCCCCCCCCCCCCCC. The fraction of sp³-hybridized carbons (Fsp3) is 0.870. The molecule has 0 aliphatic carbocycles. The third kappa shape index (κ3) is 33.0. The molecule has 3 rings (SSSR count). The average Bonchev–Trinajstić information content (AvgIpc) is 1.88. The molecule has 3 aliphatic rings. The van der Waals surface area contributed by atoms with E-state index in [0.29, 0.717) is 12.8 Å². The van der Waals surface area contributed by atoms with Gasteiger partial charge in [-0.1, -0.05) is 223 Å². The zero-order valence-electron chi connectivity index (χ0n) is 54.2. The molecule has 3 saturated heterocycles. The Hall–Kier alpha value is -2.25. The summed E-state index contributed by atoms with van der Waals surface area (Å²) >= 11 is 0. The van der Waals surface area contributed by atoms with Gasteiger partial charge in [0.05, 0.1) is 38.6 Å². The van der Waals surface area contributed by atoms with Crippen molar-refractivity contribution < 1.29 is 89.4 Å². The fourth-order valence-electron chi connectivity index (χ4n) is 11.6. The van der Waals surface area contributed by atoms with Gasteiger partial charge in [-0.25, -0.2) is 0 Å². The summed E-state index contributed by atoms with van der Waals surface area (Å²) in [5.74, 6) is -0.300. The van der Waals surface area contributed by atoms with Gasteiger partial charge >= 0.3 is 0 Å². The first kappa shape index (κ1) is 80.0. The van der Waals surface area contributed by atoms with Crippen molar-refractivity contribution in [3.8, 4) is 0 Å². The van der Waals surface area contributed by atoms with Crippen LogP contribution >= 0.6 is 0 Å². The van der Waals surface area contributed by atoms with Crippen LogP contribution in [0.15, 0.2) is 48.6 Å². The number of aliphatic hydroxyl groups is 11. The number of allylic oxidation sites excluding steroid dienone is 7. The quantitative estimate of drug-likeness (QED) is 0.0200. The van der Waals surface area contributed by atoms with Crippen molar-refractivity contribution >= 4 is 5.91 Å². The van der Waals surface area contributed by atoms with Crippen LogP contribution in [0.4, 0.5) is 0 Å². The Morgan fingerprint density at radius 3 is 1.16 bits per heavy atom. The Morgan fingerprint density at radius 1 is 0.398 bits per heavy atom. The van der Waals surface area contributed by atoms with Crippen LogP contribution in [0, 0.1) is 0 Å². The lowest BCUT2D eigenvalue weighted by Crippen LogP contribution is -2.66.